The molecule has 0 spiro atoms. The van der Waals surface area contributed by atoms with Gasteiger partial charge in [-0.25, -0.2) is 0 Å². The van der Waals surface area contributed by atoms with Gasteiger partial charge < -0.3 is 15.1 Å². The van der Waals surface area contributed by atoms with Crippen LogP contribution in [0.5, 0.6) is 0 Å². The summed E-state index contributed by atoms with van der Waals surface area (Å²) in [7, 11) is 3.91. The molecule has 5 heteroatoms. The van der Waals surface area contributed by atoms with Crippen molar-refractivity contribution in [3.63, 3.8) is 0 Å². The SMILES string of the molecule is CNCCc1ccccc1C(=O)N(C)C1CCN(C(C)C)CC1.Cl. The van der Waals surface area contributed by atoms with Gasteiger partial charge in [0, 0.05) is 37.8 Å². The molecule has 4 nitrogen and oxygen atoms in total. The normalized spacial score (nSPS) is 16.0. The Bertz CT molecular complexity index is 513. The lowest BCUT2D eigenvalue weighted by atomic mass is 9.99. The van der Waals surface area contributed by atoms with Gasteiger partial charge in [-0.3, -0.25) is 4.79 Å². The molecule has 1 amide bonds. The lowest BCUT2D eigenvalue weighted by Gasteiger charge is -2.38. The molecule has 0 aromatic heterocycles. The van der Waals surface area contributed by atoms with Crippen molar-refractivity contribution in [3.05, 3.63) is 35.4 Å². The van der Waals surface area contributed by atoms with Crippen LogP contribution in [0, 0.1) is 0 Å². The van der Waals surface area contributed by atoms with Gasteiger partial charge in [-0.15, -0.1) is 12.4 Å². The Morgan fingerprint density at radius 3 is 2.50 bits per heavy atom. The first kappa shape index (κ1) is 20.9. The lowest BCUT2D eigenvalue weighted by Crippen LogP contribution is -2.47. The Balaban J connectivity index is 0.00000288. The van der Waals surface area contributed by atoms with Crippen LogP contribution in [0.25, 0.3) is 0 Å². The molecular weight excluding hydrogens is 322 g/mol. The third-order valence-electron chi connectivity index (χ3n) is 4.99. The van der Waals surface area contributed by atoms with Gasteiger partial charge in [0.05, 0.1) is 0 Å². The minimum absolute atomic E-state index is 0. The fourth-order valence-electron chi connectivity index (χ4n) is 3.35. The van der Waals surface area contributed by atoms with E-state index in [0.717, 1.165) is 50.0 Å². The van der Waals surface area contributed by atoms with E-state index >= 15 is 0 Å². The van der Waals surface area contributed by atoms with E-state index < -0.39 is 0 Å². The van der Waals surface area contributed by atoms with E-state index in [4.69, 9.17) is 0 Å². The summed E-state index contributed by atoms with van der Waals surface area (Å²) < 4.78 is 0. The average molecular weight is 354 g/mol. The highest BCUT2D eigenvalue weighted by Crippen LogP contribution is 2.20. The number of hydrogen-bond acceptors (Lipinski definition) is 3. The molecule has 136 valence electrons. The van der Waals surface area contributed by atoms with E-state index in [0.29, 0.717) is 12.1 Å². The average Bonchev–Trinajstić information content (AvgIpc) is 2.59. The van der Waals surface area contributed by atoms with Crippen molar-refractivity contribution < 1.29 is 4.79 Å². The topological polar surface area (TPSA) is 35.6 Å². The maximum absolute atomic E-state index is 12.9. The van der Waals surface area contributed by atoms with Crippen LogP contribution in [-0.2, 0) is 6.42 Å². The molecule has 1 aliphatic heterocycles. The van der Waals surface area contributed by atoms with Crippen LogP contribution in [0.15, 0.2) is 24.3 Å². The second-order valence-electron chi connectivity index (χ2n) is 6.79. The van der Waals surface area contributed by atoms with E-state index in [-0.39, 0.29) is 18.3 Å². The molecule has 2 rings (SSSR count). The van der Waals surface area contributed by atoms with Crippen molar-refractivity contribution in [2.45, 2.75) is 45.2 Å². The predicted molar refractivity (Wildman–Crippen MR) is 103 cm³/mol. The fraction of sp³-hybridized carbons (Fsp3) is 0.632. The van der Waals surface area contributed by atoms with Crippen molar-refractivity contribution in [2.75, 3.05) is 33.7 Å². The summed E-state index contributed by atoms with van der Waals surface area (Å²) in [6, 6.07) is 8.97. The summed E-state index contributed by atoms with van der Waals surface area (Å²) >= 11 is 0. The maximum atomic E-state index is 12.9. The number of hydrogen-bond donors (Lipinski definition) is 1. The van der Waals surface area contributed by atoms with Crippen LogP contribution in [0.1, 0.15) is 42.6 Å². The van der Waals surface area contributed by atoms with E-state index in [1.165, 1.54) is 0 Å². The Labute approximate surface area is 153 Å². The van der Waals surface area contributed by atoms with E-state index in [1.807, 2.05) is 37.2 Å². The van der Waals surface area contributed by atoms with E-state index in [2.05, 4.69) is 30.1 Å². The largest absolute Gasteiger partial charge is 0.339 e. The molecule has 1 aromatic rings. The van der Waals surface area contributed by atoms with Gasteiger partial charge in [-0.2, -0.15) is 0 Å². The second kappa shape index (κ2) is 10.0. The number of rotatable bonds is 6. The molecule has 0 atom stereocenters. The van der Waals surface area contributed by atoms with Crippen LogP contribution >= 0.6 is 12.4 Å². The van der Waals surface area contributed by atoms with Gasteiger partial charge in [-0.05, 0) is 58.3 Å². The van der Waals surface area contributed by atoms with Crippen LogP contribution in [-0.4, -0.2) is 61.5 Å². The van der Waals surface area contributed by atoms with Crippen molar-refractivity contribution in [1.82, 2.24) is 15.1 Å². The van der Waals surface area contributed by atoms with E-state index in [1.54, 1.807) is 0 Å². The summed E-state index contributed by atoms with van der Waals surface area (Å²) in [5.74, 6) is 0.166. The highest BCUT2D eigenvalue weighted by Gasteiger charge is 2.27. The van der Waals surface area contributed by atoms with Crippen molar-refractivity contribution >= 4 is 18.3 Å². The quantitative estimate of drug-likeness (QED) is 0.854. The molecule has 1 saturated heterocycles. The third kappa shape index (κ3) is 5.20. The minimum atomic E-state index is 0. The fourth-order valence-corrected chi connectivity index (χ4v) is 3.35. The molecular formula is C19H32ClN3O. The Kier molecular flexibility index (Phi) is 8.74. The molecule has 1 fully saturated rings. The molecule has 1 aromatic carbocycles. The number of benzene rings is 1. The smallest absolute Gasteiger partial charge is 0.254 e. The van der Waals surface area contributed by atoms with E-state index in [9.17, 15) is 4.79 Å². The van der Waals surface area contributed by atoms with Crippen LogP contribution in [0.3, 0.4) is 0 Å². The number of carbonyl (C=O) groups is 1. The monoisotopic (exact) mass is 353 g/mol. The molecule has 0 saturated carbocycles. The maximum Gasteiger partial charge on any atom is 0.254 e. The van der Waals surface area contributed by atoms with Gasteiger partial charge in [-0.1, -0.05) is 18.2 Å². The Hall–Kier alpha value is -1.10. The number of halogens is 1. The predicted octanol–water partition coefficient (Wildman–Crippen LogP) is 2.82. The zero-order valence-corrected chi connectivity index (χ0v) is 16.2. The second-order valence-corrected chi connectivity index (χ2v) is 6.79. The van der Waals surface area contributed by atoms with Crippen molar-refractivity contribution in [3.8, 4) is 0 Å². The number of nitrogens with zero attached hydrogens (tertiary/aromatic N) is 2. The molecule has 1 heterocycles. The van der Waals surface area contributed by atoms with Gasteiger partial charge in [0.1, 0.15) is 0 Å². The number of likely N-dealkylation sites (tertiary alicyclic amines) is 1. The number of carbonyl (C=O) groups excluding carboxylic acids is 1. The van der Waals surface area contributed by atoms with Crippen LogP contribution < -0.4 is 5.32 Å². The first-order chi connectivity index (χ1) is 11.0. The molecule has 0 unspecified atom stereocenters. The minimum Gasteiger partial charge on any atom is -0.339 e. The summed E-state index contributed by atoms with van der Waals surface area (Å²) in [5, 5.41) is 3.16. The summed E-state index contributed by atoms with van der Waals surface area (Å²) in [6.07, 6.45) is 3.02. The molecule has 1 aliphatic rings. The zero-order valence-electron chi connectivity index (χ0n) is 15.4. The highest BCUT2D eigenvalue weighted by atomic mass is 35.5. The standard InChI is InChI=1S/C19H31N3O.ClH/c1-15(2)22-13-10-17(11-14-22)21(4)19(23)18-8-6-5-7-16(18)9-12-20-3;/h5-8,15,17,20H,9-14H2,1-4H3;1H. The third-order valence-corrected chi connectivity index (χ3v) is 4.99. The molecule has 24 heavy (non-hydrogen) atoms. The Morgan fingerprint density at radius 2 is 1.92 bits per heavy atom. The molecule has 1 N–H and O–H groups in total. The van der Waals surface area contributed by atoms with Crippen LogP contribution in [0.2, 0.25) is 0 Å². The van der Waals surface area contributed by atoms with Crippen LogP contribution in [0.4, 0.5) is 0 Å². The first-order valence-electron chi connectivity index (χ1n) is 8.78. The van der Waals surface area contributed by atoms with Gasteiger partial charge in [0.2, 0.25) is 0 Å². The molecule has 0 aliphatic carbocycles. The number of piperidine rings is 1. The number of nitrogens with one attached hydrogen (secondary N) is 1. The highest BCUT2D eigenvalue weighted by molar-refractivity contribution is 5.95. The van der Waals surface area contributed by atoms with Crippen molar-refractivity contribution in [2.24, 2.45) is 0 Å². The number of amides is 1. The first-order valence-corrected chi connectivity index (χ1v) is 8.78. The van der Waals surface area contributed by atoms with Gasteiger partial charge in [0.25, 0.3) is 5.91 Å². The summed E-state index contributed by atoms with van der Waals surface area (Å²) in [5.41, 5.74) is 2.00. The Morgan fingerprint density at radius 1 is 1.29 bits per heavy atom. The van der Waals surface area contributed by atoms with Crippen molar-refractivity contribution in [1.29, 1.82) is 0 Å². The van der Waals surface area contributed by atoms with Gasteiger partial charge in [0.15, 0.2) is 0 Å². The summed E-state index contributed by atoms with van der Waals surface area (Å²) in [6.45, 7) is 7.55. The lowest BCUT2D eigenvalue weighted by molar-refractivity contribution is 0.0614. The molecule has 0 radical (unpaired) electrons. The number of likely N-dealkylation sites (N-methyl/N-ethyl adjacent to an activating group) is 1. The summed E-state index contributed by atoms with van der Waals surface area (Å²) in [4.78, 5) is 17.4. The van der Waals surface area contributed by atoms with Gasteiger partial charge >= 0.3 is 0 Å². The zero-order chi connectivity index (χ0) is 16.8. The molecule has 0 bridgehead atoms.